The molecule has 0 aromatic rings. The van der Waals surface area contributed by atoms with Crippen LogP contribution in [-0.2, 0) is 0 Å². The van der Waals surface area contributed by atoms with Gasteiger partial charge in [0.15, 0.2) is 0 Å². The van der Waals surface area contributed by atoms with E-state index in [1.165, 1.54) is 16.7 Å². The van der Waals surface area contributed by atoms with Gasteiger partial charge >= 0.3 is 0 Å². The first kappa shape index (κ1) is 17.5. The predicted octanol–water partition coefficient (Wildman–Crippen LogP) is 6.27. The second-order valence-electron chi connectivity index (χ2n) is 5.80. The average Bonchev–Trinajstić information content (AvgIpc) is 2.49. The lowest BCUT2D eigenvalue weighted by molar-refractivity contribution is 0.293. The highest BCUT2D eigenvalue weighted by Crippen LogP contribution is 2.49. The van der Waals surface area contributed by atoms with Gasteiger partial charge in [0.05, 0.1) is 0 Å². The number of allylic oxidation sites excluding steroid dienone is 9. The Bertz CT molecular complexity index is 510. The highest BCUT2D eigenvalue weighted by Gasteiger charge is 2.40. The van der Waals surface area contributed by atoms with Crippen molar-refractivity contribution < 1.29 is 0 Å². The summed E-state index contributed by atoms with van der Waals surface area (Å²) in [4.78, 5) is 0. The topological polar surface area (TPSA) is 0 Å². The Labute approximate surface area is 131 Å². The van der Waals surface area contributed by atoms with Crippen molar-refractivity contribution in [3.05, 3.63) is 72.4 Å². The summed E-state index contributed by atoms with van der Waals surface area (Å²) < 4.78 is 0. The summed E-state index contributed by atoms with van der Waals surface area (Å²) in [7, 11) is 0. The van der Waals surface area contributed by atoms with E-state index in [1.54, 1.807) is 0 Å². The molecular weight excluding hydrogens is 252 g/mol. The van der Waals surface area contributed by atoms with Crippen molar-refractivity contribution in [2.45, 2.75) is 34.6 Å². The lowest BCUT2D eigenvalue weighted by atomic mass is 9.60. The molecule has 0 saturated carbocycles. The zero-order valence-corrected chi connectivity index (χ0v) is 14.3. The van der Waals surface area contributed by atoms with Crippen LogP contribution in [0, 0.1) is 23.7 Å². The maximum Gasteiger partial charge on any atom is 0.00894 e. The van der Waals surface area contributed by atoms with Crippen molar-refractivity contribution in [1.82, 2.24) is 0 Å². The van der Waals surface area contributed by atoms with Crippen LogP contribution in [0.1, 0.15) is 34.6 Å². The van der Waals surface area contributed by atoms with Gasteiger partial charge in [-0.05, 0) is 42.7 Å². The molecule has 2 rings (SSSR count). The summed E-state index contributed by atoms with van der Waals surface area (Å²) in [5.74, 6) is 1.91. The van der Waals surface area contributed by atoms with Crippen molar-refractivity contribution in [1.29, 1.82) is 0 Å². The predicted molar refractivity (Wildman–Crippen MR) is 96.1 cm³/mol. The maximum absolute atomic E-state index is 4.17. The molecule has 0 N–H and O–H groups in total. The van der Waals surface area contributed by atoms with Gasteiger partial charge in [-0.1, -0.05) is 75.5 Å². The van der Waals surface area contributed by atoms with Gasteiger partial charge < -0.3 is 0 Å². The van der Waals surface area contributed by atoms with Crippen LogP contribution in [0.5, 0.6) is 0 Å². The third kappa shape index (κ3) is 3.05. The Kier molecular flexibility index (Phi) is 6.20. The zero-order chi connectivity index (χ0) is 16.2. The Morgan fingerprint density at radius 2 is 1.86 bits per heavy atom. The van der Waals surface area contributed by atoms with Gasteiger partial charge in [-0.2, -0.15) is 0 Å². The second-order valence-corrected chi connectivity index (χ2v) is 5.80. The minimum absolute atomic E-state index is 0.353. The van der Waals surface area contributed by atoms with Gasteiger partial charge in [0, 0.05) is 5.92 Å². The van der Waals surface area contributed by atoms with Crippen LogP contribution < -0.4 is 0 Å². The van der Waals surface area contributed by atoms with E-state index >= 15 is 0 Å². The molecular formula is C21H30. The number of hydrogen-bond donors (Lipinski definition) is 0. The van der Waals surface area contributed by atoms with E-state index in [0.29, 0.717) is 23.7 Å². The molecule has 0 radical (unpaired) electrons. The molecule has 114 valence electrons. The first-order valence-electron chi connectivity index (χ1n) is 8.02. The fourth-order valence-electron chi connectivity index (χ4n) is 3.85. The summed E-state index contributed by atoms with van der Waals surface area (Å²) in [5, 5.41) is 0. The van der Waals surface area contributed by atoms with Crippen molar-refractivity contribution in [2.75, 3.05) is 0 Å². The largest absolute Gasteiger partial charge is 0.102 e. The van der Waals surface area contributed by atoms with Gasteiger partial charge in [-0.25, -0.2) is 0 Å². The Morgan fingerprint density at radius 1 is 1.24 bits per heavy atom. The normalized spacial score (nSPS) is 30.6. The first-order chi connectivity index (χ1) is 10.0. The molecule has 4 unspecified atom stereocenters. The highest BCUT2D eigenvalue weighted by atomic mass is 14.4. The molecule has 2 aliphatic rings. The maximum atomic E-state index is 4.17. The number of rotatable bonds is 3. The molecule has 0 aliphatic heterocycles. The molecule has 0 heterocycles. The Morgan fingerprint density at radius 3 is 2.33 bits per heavy atom. The molecule has 0 saturated heterocycles. The number of fused-ring (bicyclic) bond motifs is 1. The molecule has 2 aliphatic carbocycles. The van der Waals surface area contributed by atoms with Crippen LogP contribution in [0.4, 0.5) is 0 Å². The summed E-state index contributed by atoms with van der Waals surface area (Å²) in [5.41, 5.74) is 5.30. The smallest absolute Gasteiger partial charge is 0.00894 e. The second kappa shape index (κ2) is 7.45. The number of hydrogen-bond acceptors (Lipinski definition) is 0. The summed E-state index contributed by atoms with van der Waals surface area (Å²) in [6.07, 6.45) is 10.9. The molecule has 21 heavy (non-hydrogen) atoms. The van der Waals surface area contributed by atoms with Crippen LogP contribution >= 0.6 is 0 Å². The summed E-state index contributed by atoms with van der Waals surface area (Å²) in [6.45, 7) is 22.9. The minimum Gasteiger partial charge on any atom is -0.102 e. The Hall–Kier alpha value is -1.56. The van der Waals surface area contributed by atoms with E-state index in [9.17, 15) is 0 Å². The first-order valence-corrected chi connectivity index (χ1v) is 8.02. The molecule has 0 nitrogen and oxygen atoms in total. The molecule has 0 bridgehead atoms. The lowest BCUT2D eigenvalue weighted by Gasteiger charge is -2.44. The molecule has 0 aromatic carbocycles. The van der Waals surface area contributed by atoms with Gasteiger partial charge in [0.2, 0.25) is 0 Å². The van der Waals surface area contributed by atoms with E-state index in [1.807, 2.05) is 19.9 Å². The average molecular weight is 282 g/mol. The quantitative estimate of drug-likeness (QED) is 0.535. The van der Waals surface area contributed by atoms with Crippen molar-refractivity contribution in [2.24, 2.45) is 23.7 Å². The third-order valence-corrected chi connectivity index (χ3v) is 4.66. The van der Waals surface area contributed by atoms with Gasteiger partial charge in [0.1, 0.15) is 0 Å². The van der Waals surface area contributed by atoms with E-state index < -0.39 is 0 Å². The van der Waals surface area contributed by atoms with Gasteiger partial charge in [-0.3, -0.25) is 0 Å². The van der Waals surface area contributed by atoms with E-state index in [0.717, 1.165) is 5.57 Å². The minimum atomic E-state index is 0.353. The lowest BCUT2D eigenvalue weighted by Crippen LogP contribution is -2.35. The molecule has 0 spiro atoms. The fourth-order valence-corrected chi connectivity index (χ4v) is 3.85. The van der Waals surface area contributed by atoms with Crippen molar-refractivity contribution in [3.63, 3.8) is 0 Å². The van der Waals surface area contributed by atoms with Crippen LogP contribution in [0.3, 0.4) is 0 Å². The van der Waals surface area contributed by atoms with Crippen LogP contribution in [0.15, 0.2) is 72.4 Å². The van der Waals surface area contributed by atoms with Crippen molar-refractivity contribution >= 4 is 0 Å². The Balaban J connectivity index is 0.00000106. The van der Waals surface area contributed by atoms with E-state index in [4.69, 9.17) is 0 Å². The van der Waals surface area contributed by atoms with Crippen LogP contribution in [0.2, 0.25) is 0 Å². The standard InChI is InChI=1S/C19H24.C2H6/c1-7-15-16(8-2)19-13(5)10-9-11-17(19)14(6)18(15)12(3)4;1-2/h7-11,14,16-17,19H,1-3H2,4-6H3;1-2H3. The van der Waals surface area contributed by atoms with E-state index in [-0.39, 0.29) is 0 Å². The zero-order valence-electron chi connectivity index (χ0n) is 14.3. The highest BCUT2D eigenvalue weighted by molar-refractivity contribution is 5.47. The SMILES string of the molecule is C=CC1=C(C(=C)C)C(C)C2C=CC=C(C)C2C1C=C.CC. The summed E-state index contributed by atoms with van der Waals surface area (Å²) in [6, 6.07) is 0. The molecule has 0 heteroatoms. The molecule has 0 aromatic heterocycles. The van der Waals surface area contributed by atoms with E-state index in [2.05, 4.69) is 64.8 Å². The van der Waals surface area contributed by atoms with Gasteiger partial charge in [0.25, 0.3) is 0 Å². The van der Waals surface area contributed by atoms with Crippen LogP contribution in [0.25, 0.3) is 0 Å². The van der Waals surface area contributed by atoms with Crippen LogP contribution in [-0.4, -0.2) is 0 Å². The fraction of sp³-hybridized carbons (Fsp3) is 0.429. The third-order valence-electron chi connectivity index (χ3n) is 4.66. The molecule has 0 amide bonds. The van der Waals surface area contributed by atoms with Crippen molar-refractivity contribution in [3.8, 4) is 0 Å². The monoisotopic (exact) mass is 282 g/mol. The van der Waals surface area contributed by atoms with Gasteiger partial charge in [-0.15, -0.1) is 6.58 Å². The molecule has 4 atom stereocenters. The molecule has 0 fully saturated rings. The summed E-state index contributed by atoms with van der Waals surface area (Å²) >= 11 is 0.